The van der Waals surface area contributed by atoms with E-state index in [2.05, 4.69) is 166 Å². The monoisotopic (exact) mass is 967 g/mol. The molecule has 0 spiro atoms. The third kappa shape index (κ3) is 8.65. The molecule has 9 aromatic rings. The van der Waals surface area contributed by atoms with Gasteiger partial charge in [0.1, 0.15) is 0 Å². The molecule has 5 nitrogen and oxygen atoms in total. The SMILES string of the molecule is CC(C)(C)c1cc(-c2ccccc2)ccc1-n1c(-c2[c-]ccc3c2oc2ncccc23)nc2ccccc21.CC(C)Cc1cc(-c2[c-]cccc2)ncc1[Si](C)(C)C.[Ir]. The summed E-state index contributed by atoms with van der Waals surface area (Å²) in [5, 5.41) is 3.49. The molecule has 0 amide bonds. The first-order valence-corrected chi connectivity index (χ1v) is 23.7. The van der Waals surface area contributed by atoms with Crippen LogP contribution in [-0.4, -0.2) is 27.6 Å². The molecule has 0 atom stereocenters. The van der Waals surface area contributed by atoms with Gasteiger partial charge in [0.05, 0.1) is 30.5 Å². The Hall–Kier alpha value is -5.46. The van der Waals surface area contributed by atoms with E-state index in [-0.39, 0.29) is 25.5 Å². The molecule has 0 bridgehead atoms. The molecule has 1 radical (unpaired) electrons. The van der Waals surface area contributed by atoms with Gasteiger partial charge in [-0.1, -0.05) is 125 Å². The number of rotatable bonds is 7. The molecule has 0 aliphatic carbocycles. The minimum Gasteiger partial charge on any atom is -0.486 e. The molecular formula is C52H50IrN4OSi-2. The van der Waals surface area contributed by atoms with E-state index >= 15 is 0 Å². The molecule has 0 saturated heterocycles. The van der Waals surface area contributed by atoms with Gasteiger partial charge in [-0.15, -0.1) is 54.1 Å². The van der Waals surface area contributed by atoms with Crippen molar-refractivity contribution in [3.8, 4) is 39.5 Å². The first-order chi connectivity index (χ1) is 27.9. The number of benzene rings is 5. The van der Waals surface area contributed by atoms with E-state index in [1.54, 1.807) is 6.20 Å². The predicted octanol–water partition coefficient (Wildman–Crippen LogP) is 13.0. The fraction of sp³-hybridized carbons (Fsp3) is 0.212. The number of nitrogens with zero attached hydrogens (tertiary/aromatic N) is 4. The van der Waals surface area contributed by atoms with Crippen LogP contribution in [0.25, 0.3) is 72.6 Å². The van der Waals surface area contributed by atoms with Crippen molar-refractivity contribution in [1.82, 2.24) is 19.5 Å². The molecule has 7 heteroatoms. The van der Waals surface area contributed by atoms with Gasteiger partial charge in [-0.2, -0.15) is 0 Å². The Morgan fingerprint density at radius 1 is 0.746 bits per heavy atom. The minimum absolute atomic E-state index is 0. The van der Waals surface area contributed by atoms with Crippen LogP contribution in [0.15, 0.2) is 144 Å². The van der Waals surface area contributed by atoms with E-state index in [0.717, 1.165) is 62.1 Å². The van der Waals surface area contributed by atoms with Gasteiger partial charge in [0.15, 0.2) is 0 Å². The quantitative estimate of drug-likeness (QED) is 0.118. The van der Waals surface area contributed by atoms with Crippen LogP contribution in [0.2, 0.25) is 19.6 Å². The molecule has 5 aromatic carbocycles. The van der Waals surface area contributed by atoms with Crippen LogP contribution in [0.1, 0.15) is 45.7 Å². The second kappa shape index (κ2) is 17.0. The Balaban J connectivity index is 0.000000214. The molecule has 0 aliphatic heterocycles. The topological polar surface area (TPSA) is 56.7 Å². The smallest absolute Gasteiger partial charge is 0.216 e. The van der Waals surface area contributed by atoms with Crippen molar-refractivity contribution in [3.63, 3.8) is 0 Å². The molecule has 59 heavy (non-hydrogen) atoms. The van der Waals surface area contributed by atoms with Gasteiger partial charge in [-0.25, -0.2) is 4.98 Å². The first kappa shape index (κ1) is 41.7. The zero-order chi connectivity index (χ0) is 40.6. The number of para-hydroxylation sites is 2. The third-order valence-electron chi connectivity index (χ3n) is 10.6. The number of imidazole rings is 1. The van der Waals surface area contributed by atoms with E-state index in [9.17, 15) is 0 Å². The van der Waals surface area contributed by atoms with Gasteiger partial charge in [0, 0.05) is 43.6 Å². The van der Waals surface area contributed by atoms with Crippen molar-refractivity contribution in [2.45, 2.75) is 66.1 Å². The number of pyridine rings is 2. The largest absolute Gasteiger partial charge is 0.486 e. The number of fused-ring (bicyclic) bond motifs is 4. The van der Waals surface area contributed by atoms with Gasteiger partial charge in [-0.05, 0) is 81.7 Å². The summed E-state index contributed by atoms with van der Waals surface area (Å²) in [5.41, 5.74) is 12.4. The molecule has 0 aliphatic rings. The zero-order valence-electron chi connectivity index (χ0n) is 35.1. The molecule has 0 unspecified atom stereocenters. The van der Waals surface area contributed by atoms with Gasteiger partial charge in [-0.3, -0.25) is 4.98 Å². The third-order valence-corrected chi connectivity index (χ3v) is 12.6. The Morgan fingerprint density at radius 3 is 2.24 bits per heavy atom. The predicted molar refractivity (Wildman–Crippen MR) is 245 cm³/mol. The Morgan fingerprint density at radius 2 is 1.51 bits per heavy atom. The molecule has 0 fully saturated rings. The van der Waals surface area contributed by atoms with E-state index in [4.69, 9.17) is 9.40 Å². The van der Waals surface area contributed by atoms with Gasteiger partial charge in [0.2, 0.25) is 5.71 Å². The standard InChI is InChI=1S/C34H26N3O.C18H24NSi.Ir/c1-34(2,3)27-21-23(22-11-5-4-6-12-22)18-19-29(27)37-30-17-8-7-16-28(30)36-32(37)26-14-9-13-24-25-15-10-20-35-33(25)38-31(24)26;1-14(2)11-16-12-17(15-9-7-6-8-10-15)19-13-18(16)20(3,4)5;/h4-13,15-21H,1-3H3;6-9,12-14H,11H2,1-5H3;/q2*-1;. The van der Waals surface area contributed by atoms with Crippen molar-refractivity contribution < 1.29 is 24.5 Å². The zero-order valence-corrected chi connectivity index (χ0v) is 38.5. The summed E-state index contributed by atoms with van der Waals surface area (Å²) in [6, 6.07) is 50.6. The van der Waals surface area contributed by atoms with Gasteiger partial charge >= 0.3 is 0 Å². The number of furan rings is 1. The summed E-state index contributed by atoms with van der Waals surface area (Å²) in [6.45, 7) is 18.5. The molecule has 299 valence electrons. The minimum atomic E-state index is -1.34. The summed E-state index contributed by atoms with van der Waals surface area (Å²) >= 11 is 0. The fourth-order valence-corrected chi connectivity index (χ4v) is 9.39. The summed E-state index contributed by atoms with van der Waals surface area (Å²) in [7, 11) is -1.34. The van der Waals surface area contributed by atoms with Crippen LogP contribution in [0, 0.1) is 18.1 Å². The van der Waals surface area contributed by atoms with Crippen LogP contribution >= 0.6 is 0 Å². The normalized spacial score (nSPS) is 11.8. The average Bonchev–Trinajstić information content (AvgIpc) is 3.80. The molecule has 4 heterocycles. The fourth-order valence-electron chi connectivity index (χ4n) is 7.80. The van der Waals surface area contributed by atoms with Crippen molar-refractivity contribution in [1.29, 1.82) is 0 Å². The first-order valence-electron chi connectivity index (χ1n) is 20.2. The van der Waals surface area contributed by atoms with Crippen LogP contribution in [0.4, 0.5) is 0 Å². The van der Waals surface area contributed by atoms with E-state index < -0.39 is 8.07 Å². The summed E-state index contributed by atoms with van der Waals surface area (Å²) in [4.78, 5) is 14.3. The summed E-state index contributed by atoms with van der Waals surface area (Å²) in [6.07, 6.45) is 5.00. The van der Waals surface area contributed by atoms with E-state index in [1.807, 2.05) is 48.5 Å². The number of aromatic nitrogens is 4. The van der Waals surface area contributed by atoms with Crippen LogP contribution in [0.3, 0.4) is 0 Å². The van der Waals surface area contributed by atoms with E-state index in [0.29, 0.717) is 11.6 Å². The second-order valence-corrected chi connectivity index (χ2v) is 22.6. The van der Waals surface area contributed by atoms with Crippen LogP contribution < -0.4 is 5.19 Å². The maximum absolute atomic E-state index is 6.30. The van der Waals surface area contributed by atoms with Crippen LogP contribution in [-0.2, 0) is 31.9 Å². The summed E-state index contributed by atoms with van der Waals surface area (Å²) in [5.74, 6) is 1.47. The van der Waals surface area contributed by atoms with Gasteiger partial charge < -0.3 is 14.0 Å². The molecule has 9 rings (SSSR count). The van der Waals surface area contributed by atoms with Gasteiger partial charge in [0.25, 0.3) is 0 Å². The number of hydrogen-bond donors (Lipinski definition) is 0. The van der Waals surface area contributed by atoms with E-state index in [1.165, 1.54) is 27.4 Å². The average molecular weight is 967 g/mol. The maximum Gasteiger partial charge on any atom is 0.216 e. The van der Waals surface area contributed by atoms with Crippen LogP contribution in [0.5, 0.6) is 0 Å². The Labute approximate surface area is 363 Å². The van der Waals surface area contributed by atoms with Crippen molar-refractivity contribution >= 4 is 46.4 Å². The molecule has 0 saturated carbocycles. The molecule has 4 aromatic heterocycles. The second-order valence-electron chi connectivity index (χ2n) is 17.5. The van der Waals surface area contributed by atoms with Crippen molar-refractivity contribution in [3.05, 3.63) is 163 Å². The summed E-state index contributed by atoms with van der Waals surface area (Å²) < 4.78 is 8.56. The van der Waals surface area contributed by atoms with Crippen molar-refractivity contribution in [2.24, 2.45) is 5.92 Å². The Kier molecular flexibility index (Phi) is 12.0. The van der Waals surface area contributed by atoms with Crippen molar-refractivity contribution in [2.75, 3.05) is 0 Å². The molecule has 0 N–H and O–H groups in total. The Bertz CT molecular complexity index is 2870. The maximum atomic E-state index is 6.30. The number of hydrogen-bond acceptors (Lipinski definition) is 4. The molecular weight excluding hydrogens is 917 g/mol.